The molecule has 2 nitrogen and oxygen atoms in total. The summed E-state index contributed by atoms with van der Waals surface area (Å²) in [4.78, 5) is 5.07. The molecule has 2 bridgehead atoms. The number of aryl methyl sites for hydroxylation is 1. The zero-order chi connectivity index (χ0) is 20.6. The van der Waals surface area contributed by atoms with E-state index >= 15 is 0 Å². The average Bonchev–Trinajstić information content (AvgIpc) is 3.16. The Morgan fingerprint density at radius 1 is 0.833 bits per heavy atom. The molecule has 2 heteroatoms. The Bertz CT molecular complexity index is 1130. The molecule has 30 heavy (non-hydrogen) atoms. The van der Waals surface area contributed by atoms with E-state index in [0.29, 0.717) is 0 Å². The third-order valence-corrected chi connectivity index (χ3v) is 10.1. The summed E-state index contributed by atoms with van der Waals surface area (Å²) in [7, 11) is 2.27. The molecule has 4 aliphatic carbocycles. The van der Waals surface area contributed by atoms with Crippen molar-refractivity contribution in [3.05, 3.63) is 62.2 Å². The van der Waals surface area contributed by atoms with Crippen LogP contribution in [0.3, 0.4) is 0 Å². The van der Waals surface area contributed by atoms with Gasteiger partial charge in [0, 0.05) is 18.8 Å². The van der Waals surface area contributed by atoms with Gasteiger partial charge < -0.3 is 4.90 Å². The minimum absolute atomic E-state index is 0.837. The molecule has 6 unspecified atom stereocenters. The number of nitrogens with zero attached hydrogens (tertiary/aromatic N) is 2. The fraction of sp³-hybridized carbons (Fsp3) is 0.571. The Kier molecular flexibility index (Phi) is 3.28. The first-order valence-corrected chi connectivity index (χ1v) is 12.1. The highest BCUT2D eigenvalue weighted by atomic mass is 15.3. The Hall–Kier alpha value is -1.80. The first kappa shape index (κ1) is 17.8. The van der Waals surface area contributed by atoms with Crippen molar-refractivity contribution in [3.63, 3.8) is 0 Å². The van der Waals surface area contributed by atoms with Crippen molar-refractivity contribution in [3.8, 4) is 0 Å². The highest BCUT2D eigenvalue weighted by Gasteiger charge is 2.67. The van der Waals surface area contributed by atoms with Gasteiger partial charge in [-0.3, -0.25) is 4.90 Å². The predicted octanol–water partition coefficient (Wildman–Crippen LogP) is 5.86. The molecule has 0 aromatic heterocycles. The predicted molar refractivity (Wildman–Crippen MR) is 124 cm³/mol. The number of rotatable bonds is 1. The van der Waals surface area contributed by atoms with Gasteiger partial charge in [0.1, 0.15) is 0 Å². The molecule has 2 aromatic carbocycles. The minimum atomic E-state index is 0.837. The quantitative estimate of drug-likeness (QED) is 0.555. The van der Waals surface area contributed by atoms with E-state index in [1.54, 1.807) is 44.6 Å². The monoisotopic (exact) mass is 398 g/mol. The Morgan fingerprint density at radius 2 is 1.47 bits per heavy atom. The second-order valence-electron chi connectivity index (χ2n) is 11.1. The first-order chi connectivity index (χ1) is 14.4. The second-order valence-corrected chi connectivity index (χ2v) is 11.1. The van der Waals surface area contributed by atoms with Crippen molar-refractivity contribution >= 4 is 5.69 Å². The number of hydrogen-bond donors (Lipinski definition) is 0. The maximum atomic E-state index is 2.64. The van der Waals surface area contributed by atoms with Crippen LogP contribution < -0.4 is 4.90 Å². The molecule has 0 saturated heterocycles. The van der Waals surface area contributed by atoms with E-state index in [-0.39, 0.29) is 0 Å². The molecule has 1 aliphatic heterocycles. The normalized spacial score (nSPS) is 34.5. The molecule has 6 atom stereocenters. The van der Waals surface area contributed by atoms with E-state index in [9.17, 15) is 0 Å². The van der Waals surface area contributed by atoms with Gasteiger partial charge in [-0.1, -0.05) is 6.07 Å². The first-order valence-electron chi connectivity index (χ1n) is 12.1. The van der Waals surface area contributed by atoms with Crippen LogP contribution in [0.25, 0.3) is 0 Å². The second kappa shape index (κ2) is 5.51. The van der Waals surface area contributed by atoms with Crippen LogP contribution in [0.5, 0.6) is 0 Å². The molecule has 5 aliphatic rings. The molecular formula is C28H34N2. The zero-order valence-electron chi connectivity index (χ0n) is 19.3. The fourth-order valence-electron chi connectivity index (χ4n) is 8.75. The molecule has 1 heterocycles. The van der Waals surface area contributed by atoms with Gasteiger partial charge in [0.05, 0.1) is 6.67 Å². The molecular weight excluding hydrogens is 364 g/mol. The summed E-state index contributed by atoms with van der Waals surface area (Å²) in [6.07, 6.45) is 1.47. The number of fused-ring (bicyclic) bond motifs is 15. The van der Waals surface area contributed by atoms with Gasteiger partial charge in [-0.15, -0.1) is 0 Å². The van der Waals surface area contributed by atoms with Crippen LogP contribution in [-0.4, -0.2) is 25.2 Å². The van der Waals surface area contributed by atoms with Crippen molar-refractivity contribution in [2.24, 2.45) is 11.8 Å². The molecule has 0 N–H and O–H groups in total. The molecule has 2 aromatic rings. The van der Waals surface area contributed by atoms with Gasteiger partial charge in [0.25, 0.3) is 0 Å². The molecule has 156 valence electrons. The topological polar surface area (TPSA) is 6.48 Å². The minimum Gasteiger partial charge on any atom is -0.359 e. The van der Waals surface area contributed by atoms with Gasteiger partial charge >= 0.3 is 0 Å². The van der Waals surface area contributed by atoms with Crippen molar-refractivity contribution < 1.29 is 0 Å². The lowest BCUT2D eigenvalue weighted by atomic mass is 9.48. The summed E-state index contributed by atoms with van der Waals surface area (Å²) in [6, 6.07) is 5.19. The van der Waals surface area contributed by atoms with E-state index in [1.165, 1.54) is 17.5 Å². The smallest absolute Gasteiger partial charge is 0.0707 e. The highest BCUT2D eigenvalue weighted by Crippen LogP contribution is 2.79. The lowest BCUT2D eigenvalue weighted by molar-refractivity contribution is 0.225. The zero-order valence-corrected chi connectivity index (χ0v) is 19.3. The Morgan fingerprint density at radius 3 is 2.17 bits per heavy atom. The van der Waals surface area contributed by atoms with E-state index in [0.717, 1.165) is 55.3 Å². The van der Waals surface area contributed by atoms with Crippen LogP contribution in [0.2, 0.25) is 0 Å². The standard InChI is InChI=1S/C28H34N2/c1-7-30-12-29(6)11-21-16(5)24-20(10-22(21)30)26-18-9-19(28(24)26)27-23-15(4)14(3)13(2)8-17(23)25(18)27/h8,10,18-19,25-28H,7,9,11-12H2,1-6H3. The summed E-state index contributed by atoms with van der Waals surface area (Å²) in [6.45, 7) is 15.1. The molecule has 2 saturated carbocycles. The number of hydrogen-bond acceptors (Lipinski definition) is 2. The summed E-state index contributed by atoms with van der Waals surface area (Å²) >= 11 is 0. The summed E-state index contributed by atoms with van der Waals surface area (Å²) in [5, 5.41) is 0. The van der Waals surface area contributed by atoms with Crippen LogP contribution in [-0.2, 0) is 6.54 Å². The SMILES string of the molecule is CCN1CN(C)Cc2c1cc1c(c2C)C2C3CC(C4c5cc(C)c(C)c(C)c5C34)C12. The largest absolute Gasteiger partial charge is 0.359 e. The van der Waals surface area contributed by atoms with Gasteiger partial charge in [0.15, 0.2) is 0 Å². The lowest BCUT2D eigenvalue weighted by Crippen LogP contribution is -2.45. The van der Waals surface area contributed by atoms with Crippen LogP contribution in [0.1, 0.15) is 87.1 Å². The van der Waals surface area contributed by atoms with Crippen molar-refractivity contribution in [2.75, 3.05) is 25.2 Å². The van der Waals surface area contributed by atoms with Crippen LogP contribution >= 0.6 is 0 Å². The van der Waals surface area contributed by atoms with Gasteiger partial charge in [0.2, 0.25) is 0 Å². The van der Waals surface area contributed by atoms with Crippen molar-refractivity contribution in [1.82, 2.24) is 4.90 Å². The van der Waals surface area contributed by atoms with Crippen LogP contribution in [0, 0.1) is 39.5 Å². The fourth-order valence-corrected chi connectivity index (χ4v) is 8.75. The molecule has 0 spiro atoms. The Balaban J connectivity index is 1.35. The summed E-state index contributed by atoms with van der Waals surface area (Å²) < 4.78 is 0. The maximum Gasteiger partial charge on any atom is 0.0707 e. The number of anilines is 1. The summed E-state index contributed by atoms with van der Waals surface area (Å²) in [5.74, 6) is 5.17. The van der Waals surface area contributed by atoms with E-state index in [4.69, 9.17) is 0 Å². The van der Waals surface area contributed by atoms with E-state index in [2.05, 4.69) is 63.6 Å². The third kappa shape index (κ3) is 1.80. The van der Waals surface area contributed by atoms with Crippen molar-refractivity contribution in [2.45, 2.75) is 71.3 Å². The van der Waals surface area contributed by atoms with Crippen LogP contribution in [0.4, 0.5) is 5.69 Å². The van der Waals surface area contributed by atoms with Gasteiger partial charge in [-0.2, -0.15) is 0 Å². The van der Waals surface area contributed by atoms with E-state index in [1.807, 2.05) is 0 Å². The number of benzene rings is 2. The third-order valence-electron chi connectivity index (χ3n) is 10.1. The molecule has 0 radical (unpaired) electrons. The molecule has 2 fully saturated rings. The Labute approximate surface area is 181 Å². The van der Waals surface area contributed by atoms with Crippen molar-refractivity contribution in [1.29, 1.82) is 0 Å². The van der Waals surface area contributed by atoms with Gasteiger partial charge in [-0.05, 0) is 140 Å². The molecule has 0 amide bonds. The maximum absolute atomic E-state index is 2.64. The average molecular weight is 399 g/mol. The van der Waals surface area contributed by atoms with Gasteiger partial charge in [-0.25, -0.2) is 0 Å². The lowest BCUT2D eigenvalue weighted by Gasteiger charge is -2.56. The highest BCUT2D eigenvalue weighted by molar-refractivity contribution is 5.70. The van der Waals surface area contributed by atoms with E-state index < -0.39 is 0 Å². The van der Waals surface area contributed by atoms with Crippen LogP contribution in [0.15, 0.2) is 12.1 Å². The molecule has 7 rings (SSSR count). The summed E-state index contributed by atoms with van der Waals surface area (Å²) in [5.41, 5.74) is 16.4.